The van der Waals surface area contributed by atoms with E-state index < -0.39 is 17.1 Å². The molecule has 4 aliphatic rings. The first kappa shape index (κ1) is 23.9. The van der Waals surface area contributed by atoms with Crippen LogP contribution in [0, 0.1) is 11.8 Å². The monoisotopic (exact) mass is 500 g/mol. The number of phenols is 1. The summed E-state index contributed by atoms with van der Waals surface area (Å²) < 4.78 is 11.7. The van der Waals surface area contributed by atoms with Crippen molar-refractivity contribution in [3.8, 4) is 29.1 Å². The van der Waals surface area contributed by atoms with Crippen LogP contribution >= 0.6 is 0 Å². The number of likely N-dealkylation sites (tertiary alicyclic amines) is 1. The molecule has 7 heteroatoms. The number of piperidine rings is 1. The topological polar surface area (TPSA) is 82.5 Å². The van der Waals surface area contributed by atoms with Gasteiger partial charge in [-0.15, -0.1) is 6.58 Å². The summed E-state index contributed by atoms with van der Waals surface area (Å²) >= 11 is 0. The van der Waals surface area contributed by atoms with Crippen LogP contribution in [-0.2, 0) is 16.6 Å². The predicted octanol–water partition coefficient (Wildman–Crippen LogP) is 2.62. The van der Waals surface area contributed by atoms with Gasteiger partial charge in [-0.25, -0.2) is 0 Å². The van der Waals surface area contributed by atoms with Crippen LogP contribution in [-0.4, -0.2) is 77.0 Å². The lowest BCUT2D eigenvalue weighted by molar-refractivity contribution is -0.197. The molecule has 1 saturated heterocycles. The molecule has 2 N–H and O–H groups in total. The minimum atomic E-state index is -1.03. The Morgan fingerprint density at radius 2 is 2.08 bits per heavy atom. The van der Waals surface area contributed by atoms with Gasteiger partial charge in [-0.2, -0.15) is 0 Å². The first-order chi connectivity index (χ1) is 17.8. The van der Waals surface area contributed by atoms with Crippen LogP contribution in [0.4, 0.5) is 0 Å². The standard InChI is InChI=1S/C30H32N2O5/c1-4-16-32-17-15-29-26-20-8-11-23(33)27(26)37-28(29)22(13-14-30(29,35)24(32)18-20)31(2)25(34)12-7-19-5-9-21(36-3)10-6-19/h4-6,8-11,22,24,28,33,35H,1,13-18H2,2-3H3/t22-,24+,28-,29-,30+/m0/s1. The molecule has 37 heavy (non-hydrogen) atoms. The average Bonchev–Trinajstić information content (AvgIpc) is 3.26. The molecule has 0 aromatic heterocycles. The van der Waals surface area contributed by atoms with Crippen LogP contribution in [0.5, 0.6) is 17.2 Å². The van der Waals surface area contributed by atoms with Crippen molar-refractivity contribution >= 4 is 5.91 Å². The van der Waals surface area contributed by atoms with Gasteiger partial charge in [0.1, 0.15) is 11.9 Å². The highest BCUT2D eigenvalue weighted by atomic mass is 16.5. The zero-order chi connectivity index (χ0) is 25.9. The van der Waals surface area contributed by atoms with E-state index in [1.165, 1.54) is 0 Å². The summed E-state index contributed by atoms with van der Waals surface area (Å²) in [5, 5.41) is 23.2. The number of ether oxygens (including phenoxy) is 2. The largest absolute Gasteiger partial charge is 0.504 e. The third-order valence-corrected chi connectivity index (χ3v) is 9.13. The third kappa shape index (κ3) is 3.25. The molecule has 1 amide bonds. The summed E-state index contributed by atoms with van der Waals surface area (Å²) in [6.07, 6.45) is 3.90. The van der Waals surface area contributed by atoms with Crippen molar-refractivity contribution in [3.05, 3.63) is 65.7 Å². The van der Waals surface area contributed by atoms with Crippen LogP contribution < -0.4 is 9.47 Å². The molecule has 2 aliphatic heterocycles. The Bertz CT molecular complexity index is 1330. The molecule has 2 aliphatic carbocycles. The van der Waals surface area contributed by atoms with Crippen LogP contribution in [0.15, 0.2) is 49.1 Å². The van der Waals surface area contributed by atoms with Crippen molar-refractivity contribution in [2.24, 2.45) is 0 Å². The first-order valence-electron chi connectivity index (χ1n) is 12.9. The van der Waals surface area contributed by atoms with Gasteiger partial charge in [-0.05, 0) is 68.1 Å². The number of hydrogen-bond acceptors (Lipinski definition) is 6. The van der Waals surface area contributed by atoms with Crippen LogP contribution in [0.25, 0.3) is 0 Å². The van der Waals surface area contributed by atoms with Crippen molar-refractivity contribution in [1.29, 1.82) is 0 Å². The number of phenolic OH excluding ortho intramolecular Hbond substituents is 1. The quantitative estimate of drug-likeness (QED) is 0.496. The van der Waals surface area contributed by atoms with Crippen LogP contribution in [0.2, 0.25) is 0 Å². The summed E-state index contributed by atoms with van der Waals surface area (Å²) in [5.74, 6) is 6.72. The summed E-state index contributed by atoms with van der Waals surface area (Å²) in [5.41, 5.74) is 1.04. The number of carbonyl (C=O) groups is 1. The number of aliphatic hydroxyl groups is 1. The van der Waals surface area contributed by atoms with E-state index in [4.69, 9.17) is 9.47 Å². The Hall–Kier alpha value is -3.47. The zero-order valence-corrected chi connectivity index (χ0v) is 21.2. The Morgan fingerprint density at radius 3 is 2.81 bits per heavy atom. The fourth-order valence-electron chi connectivity index (χ4n) is 7.42. The smallest absolute Gasteiger partial charge is 0.298 e. The molecule has 2 aromatic rings. The average molecular weight is 501 g/mol. The highest BCUT2D eigenvalue weighted by Crippen LogP contribution is 2.65. The van der Waals surface area contributed by atoms with Gasteiger partial charge in [-0.1, -0.05) is 18.1 Å². The number of hydrogen-bond donors (Lipinski definition) is 2. The Labute approximate surface area is 217 Å². The van der Waals surface area contributed by atoms with E-state index in [0.717, 1.165) is 29.0 Å². The second-order valence-corrected chi connectivity index (χ2v) is 10.6. The highest BCUT2D eigenvalue weighted by Gasteiger charge is 2.73. The molecule has 6 rings (SSSR count). The number of rotatable bonds is 4. The van der Waals surface area contributed by atoms with Gasteiger partial charge in [0.05, 0.1) is 24.2 Å². The number of likely N-dealkylation sites (N-methyl/N-ethyl adjacent to an activating group) is 1. The molecule has 1 saturated carbocycles. The number of benzene rings is 2. The lowest BCUT2D eigenvalue weighted by Gasteiger charge is -2.64. The maximum atomic E-state index is 13.3. The number of methoxy groups -OCH3 is 1. The lowest BCUT2D eigenvalue weighted by atomic mass is 9.48. The van der Waals surface area contributed by atoms with Gasteiger partial charge in [0.25, 0.3) is 5.91 Å². The number of nitrogens with zero attached hydrogens (tertiary/aromatic N) is 2. The highest BCUT2D eigenvalue weighted by molar-refractivity contribution is 5.94. The molecule has 1 spiro atoms. The number of amides is 1. The van der Waals surface area contributed by atoms with Gasteiger partial charge < -0.3 is 24.6 Å². The van der Waals surface area contributed by atoms with E-state index in [1.807, 2.05) is 36.4 Å². The summed E-state index contributed by atoms with van der Waals surface area (Å²) in [4.78, 5) is 17.2. The number of aromatic hydroxyl groups is 1. The fourth-order valence-corrected chi connectivity index (χ4v) is 7.42. The second kappa shape index (κ2) is 8.54. The van der Waals surface area contributed by atoms with E-state index >= 15 is 0 Å². The molecule has 7 nitrogen and oxygen atoms in total. The molecule has 0 unspecified atom stereocenters. The minimum absolute atomic E-state index is 0.0786. The van der Waals surface area contributed by atoms with Crippen LogP contribution in [0.1, 0.15) is 36.0 Å². The number of carbonyl (C=O) groups excluding carboxylic acids is 1. The van der Waals surface area contributed by atoms with Crippen molar-refractivity contribution in [2.75, 3.05) is 27.2 Å². The van der Waals surface area contributed by atoms with E-state index in [9.17, 15) is 15.0 Å². The molecule has 0 radical (unpaired) electrons. The SMILES string of the molecule is C=CCN1CC[C@]23c4c5ccc(O)c4O[C@H]2[C@@H](N(C)C(=O)C#Cc2ccc(OC)cc2)CC[C@@]3(O)[C@H]1C5. The molecule has 192 valence electrons. The van der Waals surface area contributed by atoms with E-state index in [2.05, 4.69) is 23.3 Å². The minimum Gasteiger partial charge on any atom is -0.504 e. The molecule has 5 atom stereocenters. The van der Waals surface area contributed by atoms with Crippen molar-refractivity contribution in [1.82, 2.24) is 9.80 Å². The maximum Gasteiger partial charge on any atom is 0.298 e. The molecule has 2 heterocycles. The third-order valence-electron chi connectivity index (χ3n) is 9.13. The normalized spacial score (nSPS) is 30.8. The Morgan fingerprint density at radius 1 is 1.30 bits per heavy atom. The fraction of sp³-hybridized carbons (Fsp3) is 0.433. The molecular weight excluding hydrogens is 468 g/mol. The summed E-state index contributed by atoms with van der Waals surface area (Å²) in [6, 6.07) is 10.5. The maximum absolute atomic E-state index is 13.3. The van der Waals surface area contributed by atoms with Gasteiger partial charge >= 0.3 is 0 Å². The second-order valence-electron chi connectivity index (χ2n) is 10.6. The van der Waals surface area contributed by atoms with E-state index in [0.29, 0.717) is 38.0 Å². The predicted molar refractivity (Wildman–Crippen MR) is 139 cm³/mol. The van der Waals surface area contributed by atoms with Gasteiger partial charge in [0.15, 0.2) is 11.5 Å². The molecular formula is C30H32N2O5. The lowest BCUT2D eigenvalue weighted by Crippen LogP contribution is -2.78. The Balaban J connectivity index is 1.36. The molecule has 2 aromatic carbocycles. The molecule has 2 fully saturated rings. The zero-order valence-electron chi connectivity index (χ0n) is 21.2. The van der Waals surface area contributed by atoms with E-state index in [1.54, 1.807) is 25.1 Å². The summed E-state index contributed by atoms with van der Waals surface area (Å²) in [6.45, 7) is 5.42. The van der Waals surface area contributed by atoms with Crippen molar-refractivity contribution in [3.63, 3.8) is 0 Å². The Kier molecular flexibility index (Phi) is 5.52. The van der Waals surface area contributed by atoms with Gasteiger partial charge in [0, 0.05) is 36.7 Å². The van der Waals surface area contributed by atoms with Crippen molar-refractivity contribution in [2.45, 2.75) is 54.9 Å². The van der Waals surface area contributed by atoms with Gasteiger partial charge in [0.2, 0.25) is 0 Å². The first-order valence-corrected chi connectivity index (χ1v) is 12.9. The van der Waals surface area contributed by atoms with Crippen molar-refractivity contribution < 1.29 is 24.5 Å². The van der Waals surface area contributed by atoms with Crippen LogP contribution in [0.3, 0.4) is 0 Å². The summed E-state index contributed by atoms with van der Waals surface area (Å²) in [7, 11) is 3.37. The van der Waals surface area contributed by atoms with Gasteiger partial charge in [-0.3, -0.25) is 9.69 Å². The van der Waals surface area contributed by atoms with E-state index in [-0.39, 0.29) is 23.7 Å². The molecule has 2 bridgehead atoms.